The summed E-state index contributed by atoms with van der Waals surface area (Å²) in [6.07, 6.45) is 5.95. The minimum absolute atomic E-state index is 0.0164. The predicted molar refractivity (Wildman–Crippen MR) is 378 cm³/mol. The average Bonchev–Trinajstić information content (AvgIpc) is 1.76. The summed E-state index contributed by atoms with van der Waals surface area (Å²) in [6.45, 7) is 6.18. The van der Waals surface area contributed by atoms with E-state index in [1.54, 1.807) is 11.8 Å². The third kappa shape index (κ3) is 19.7. The molecule has 1 spiro atoms. The summed E-state index contributed by atoms with van der Waals surface area (Å²) in [6, 6.07) is -6.33. The molecule has 4 aliphatic heterocycles. The van der Waals surface area contributed by atoms with E-state index in [0.29, 0.717) is 56.9 Å². The predicted octanol–water partition coefficient (Wildman–Crippen LogP) is 5.80. The summed E-state index contributed by atoms with van der Waals surface area (Å²) in [5, 5.41) is 8.21. The second-order valence-electron chi connectivity index (χ2n) is 31.0. The molecule has 7 fully saturated rings. The lowest BCUT2D eigenvalue weighted by molar-refractivity contribution is -0.159. The van der Waals surface area contributed by atoms with Crippen molar-refractivity contribution < 1.29 is 75.4 Å². The summed E-state index contributed by atoms with van der Waals surface area (Å²) in [5.74, 6) is -8.82. The molecule has 29 heteroatoms. The number of carbonyl (C=O) groups is 12. The van der Waals surface area contributed by atoms with Gasteiger partial charge in [-0.3, -0.25) is 57.5 Å². The van der Waals surface area contributed by atoms with E-state index in [9.17, 15) is 41.9 Å². The minimum atomic E-state index is -4.76. The van der Waals surface area contributed by atoms with Gasteiger partial charge >= 0.3 is 6.18 Å². The van der Waals surface area contributed by atoms with Gasteiger partial charge in [0.2, 0.25) is 70.9 Å². The first-order valence-electron chi connectivity index (χ1n) is 37.4. The topological polar surface area (TPSA) is 279 Å². The van der Waals surface area contributed by atoms with Gasteiger partial charge in [-0.1, -0.05) is 116 Å². The molecule has 2 bridgehead atoms. The highest BCUT2D eigenvalue weighted by Crippen LogP contribution is 2.39. The zero-order chi connectivity index (χ0) is 75.5. The number of likely N-dealkylation sites (N-methyl/N-ethyl adjacent to an activating group) is 7. The minimum Gasteiger partial charge on any atom is -0.377 e. The van der Waals surface area contributed by atoms with Crippen molar-refractivity contribution in [1.29, 1.82) is 0 Å². The summed E-state index contributed by atoms with van der Waals surface area (Å²) < 4.78 is 47.6. The molecule has 574 valence electrons. The van der Waals surface area contributed by atoms with Gasteiger partial charge in [-0.2, -0.15) is 13.2 Å². The second-order valence-corrected chi connectivity index (χ2v) is 31.4. The lowest BCUT2D eigenvalue weighted by Gasteiger charge is -2.44. The van der Waals surface area contributed by atoms with Crippen LogP contribution >= 0.6 is 11.6 Å². The Bertz CT molecular complexity index is 3240. The number of ether oxygens (including phenoxy) is 1. The van der Waals surface area contributed by atoms with E-state index in [2.05, 4.69) is 16.0 Å². The van der Waals surface area contributed by atoms with Gasteiger partial charge in [-0.15, -0.1) is 0 Å². The number of fused-ring (bicyclic) bond motifs is 3. The molecule has 25 nitrogen and oxygen atoms in total. The molecule has 1 aromatic carbocycles. The molecule has 103 heavy (non-hydrogen) atoms. The Morgan fingerprint density at radius 3 is 1.84 bits per heavy atom. The Labute approximate surface area is 610 Å². The van der Waals surface area contributed by atoms with E-state index in [-0.39, 0.29) is 88.6 Å². The molecule has 0 radical (unpaired) electrons. The zero-order valence-corrected chi connectivity index (χ0v) is 63.1. The number of benzene rings is 1. The Balaban J connectivity index is 1.18. The van der Waals surface area contributed by atoms with Crippen molar-refractivity contribution in [3.05, 3.63) is 34.3 Å². The first-order valence-corrected chi connectivity index (χ1v) is 37.8. The highest BCUT2D eigenvalue weighted by Gasteiger charge is 2.53. The Morgan fingerprint density at radius 2 is 1.24 bits per heavy atom. The monoisotopic (exact) mass is 1470 g/mol. The standard InChI is InChI=1S/C74H112ClF3N12O13/c1-12-46(4)63-70(100)84(7)41-61(93)82(5)42-62(94)86(9)57(38-47-22-15-13-16-23-47)68(98)83(6)40-59(91)79-54(32-28-48-27-31-52(53(75)37-48)74(76,77)78)67(97)89-35-21-26-55(89)66(96)81-73(33-19-20-34-73)72(102)88(11)64(49-24-17-14-18-25-49)71(101)87(10)58(69(99)90-50-29-30-51(90)44-103-43-50)39-60(92)85(8)56(36-45(2)3)65(95)80-63/h27,31,37,45-47,49-51,54-58,63-64H,12-26,28-30,32-36,38-44H2,1-11H3,(H,79,91)(H,80,95)(H,81,96)/t46-,50?,51?,54-,55?,56-,57-,58-,63-,64-/m0/s1. The molecule has 3 saturated carbocycles. The second kappa shape index (κ2) is 35.8. The number of morpholine rings is 1. The normalized spacial score (nSPS) is 28.4. The number of rotatable bonds is 11. The Kier molecular flexibility index (Phi) is 28.3. The van der Waals surface area contributed by atoms with Crippen LogP contribution in [0.1, 0.15) is 187 Å². The van der Waals surface area contributed by atoms with Crippen molar-refractivity contribution in [2.24, 2.45) is 23.7 Å². The van der Waals surface area contributed by atoms with Gasteiger partial charge in [0, 0.05) is 55.9 Å². The van der Waals surface area contributed by atoms with Crippen LogP contribution in [0, 0.1) is 23.7 Å². The lowest BCUT2D eigenvalue weighted by atomic mass is 9.81. The molecular formula is C74H112ClF3N12O13. The van der Waals surface area contributed by atoms with E-state index in [0.717, 1.165) is 78.2 Å². The Morgan fingerprint density at radius 1 is 0.641 bits per heavy atom. The van der Waals surface area contributed by atoms with E-state index in [4.69, 9.17) is 16.3 Å². The van der Waals surface area contributed by atoms with Gasteiger partial charge in [-0.05, 0) is 118 Å². The Hall–Kier alpha value is -7.10. The van der Waals surface area contributed by atoms with Crippen molar-refractivity contribution >= 4 is 82.5 Å². The largest absolute Gasteiger partial charge is 0.417 e. The third-order valence-electron chi connectivity index (χ3n) is 23.2. The molecule has 3 unspecified atom stereocenters. The van der Waals surface area contributed by atoms with Crippen molar-refractivity contribution in [1.82, 2.24) is 60.0 Å². The highest BCUT2D eigenvalue weighted by molar-refractivity contribution is 6.31. The van der Waals surface area contributed by atoms with Crippen LogP contribution in [0.5, 0.6) is 0 Å². The van der Waals surface area contributed by atoms with Crippen LogP contribution in [0.25, 0.3) is 0 Å². The fourth-order valence-corrected chi connectivity index (χ4v) is 17.0. The maximum atomic E-state index is 16.0. The first-order chi connectivity index (χ1) is 48.7. The van der Waals surface area contributed by atoms with Crippen molar-refractivity contribution in [3.8, 4) is 0 Å². The van der Waals surface area contributed by atoms with E-state index in [1.165, 1.54) is 79.9 Å². The van der Waals surface area contributed by atoms with Gasteiger partial charge < -0.3 is 64.8 Å². The van der Waals surface area contributed by atoms with Gasteiger partial charge in [0.05, 0.1) is 61.9 Å². The van der Waals surface area contributed by atoms with Gasteiger partial charge in [0.25, 0.3) is 0 Å². The number of hydrogen-bond acceptors (Lipinski definition) is 13. The number of hydrogen-bond donors (Lipinski definition) is 3. The summed E-state index contributed by atoms with van der Waals surface area (Å²) >= 11 is 6.17. The van der Waals surface area contributed by atoms with Crippen LogP contribution in [0.2, 0.25) is 5.02 Å². The highest BCUT2D eigenvalue weighted by atomic mass is 35.5. The number of alkyl halides is 3. The third-order valence-corrected chi connectivity index (χ3v) is 23.5. The molecule has 8 rings (SSSR count). The maximum Gasteiger partial charge on any atom is 0.417 e. The lowest BCUT2D eigenvalue weighted by Crippen LogP contribution is -2.65. The molecule has 4 heterocycles. The summed E-state index contributed by atoms with van der Waals surface area (Å²) in [4.78, 5) is 192. The molecule has 10 atom stereocenters. The van der Waals surface area contributed by atoms with Crippen LogP contribution in [0.3, 0.4) is 0 Å². The fourth-order valence-electron chi connectivity index (χ4n) is 16.7. The van der Waals surface area contributed by atoms with Crippen LogP contribution in [0.15, 0.2) is 18.2 Å². The van der Waals surface area contributed by atoms with Crippen LogP contribution in [-0.4, -0.2) is 264 Å². The van der Waals surface area contributed by atoms with Crippen LogP contribution in [-0.2, 0) is 74.9 Å². The number of carbonyl (C=O) groups excluding carboxylic acids is 12. The van der Waals surface area contributed by atoms with Gasteiger partial charge in [0.15, 0.2) is 0 Å². The maximum absolute atomic E-state index is 16.0. The number of nitrogens with zero attached hydrogens (tertiary/aromatic N) is 9. The van der Waals surface area contributed by atoms with Crippen LogP contribution in [0.4, 0.5) is 13.2 Å². The average molecular weight is 1470 g/mol. The van der Waals surface area contributed by atoms with E-state index >= 15 is 28.8 Å². The smallest absolute Gasteiger partial charge is 0.377 e. The molecule has 0 aromatic heterocycles. The number of aryl methyl sites for hydroxylation is 1. The molecule has 1 aromatic rings. The molecular weight excluding hydrogens is 1360 g/mol. The molecule has 4 saturated heterocycles. The SMILES string of the molecule is CC[C@H](C)[C@@H]1NC(=O)[C@H](CC(C)C)N(C)C(=O)C[C@@H](C(=O)N2C3CCC2COC3)N(C)C(=O)[C@H](C2CCCCC2)N(C)C(=O)C2(CCCC2)NC(=O)C2CCCN2C(=O)[C@H](CCc2ccc(C(F)(F)F)c(Cl)c2)NC(=O)CN(C)C(=O)[C@H](CC2CCCCC2)N(C)C(=O)CN(C)C(=O)CN(C)C1=O. The van der Waals surface area contributed by atoms with E-state index < -0.39 is 173 Å². The molecule has 7 aliphatic rings. The van der Waals surface area contributed by atoms with E-state index in [1.807, 2.05) is 20.8 Å². The first kappa shape index (κ1) is 81.6. The summed E-state index contributed by atoms with van der Waals surface area (Å²) in [7, 11) is 10.0. The van der Waals surface area contributed by atoms with Crippen LogP contribution < -0.4 is 16.0 Å². The summed E-state index contributed by atoms with van der Waals surface area (Å²) in [5.41, 5.74) is -2.35. The molecule has 3 N–H and O–H groups in total. The molecule has 12 amide bonds. The number of halogens is 4. The number of amides is 12. The number of nitrogens with one attached hydrogen (secondary N) is 3. The van der Waals surface area contributed by atoms with Crippen molar-refractivity contribution in [2.45, 2.75) is 248 Å². The fraction of sp³-hybridized carbons (Fsp3) is 0.757. The van der Waals surface area contributed by atoms with Gasteiger partial charge in [-0.25, -0.2) is 0 Å². The quantitative estimate of drug-likeness (QED) is 0.237. The zero-order valence-electron chi connectivity index (χ0n) is 62.3. The van der Waals surface area contributed by atoms with Gasteiger partial charge in [0.1, 0.15) is 47.8 Å². The van der Waals surface area contributed by atoms with Crippen molar-refractivity contribution in [2.75, 3.05) is 88.7 Å². The molecule has 3 aliphatic carbocycles. The van der Waals surface area contributed by atoms with Crippen molar-refractivity contribution in [3.63, 3.8) is 0 Å².